The number of nitrogens with zero attached hydrogens (tertiary/aromatic N) is 2. The molecule has 2 amide bonds. The fourth-order valence-corrected chi connectivity index (χ4v) is 5.80. The lowest BCUT2D eigenvalue weighted by Gasteiger charge is -2.34. The van der Waals surface area contributed by atoms with Gasteiger partial charge in [0.1, 0.15) is 0 Å². The van der Waals surface area contributed by atoms with Gasteiger partial charge in [-0.15, -0.1) is 0 Å². The van der Waals surface area contributed by atoms with Crippen LogP contribution in [0.15, 0.2) is 77.7 Å². The van der Waals surface area contributed by atoms with Crippen molar-refractivity contribution in [2.75, 3.05) is 31.5 Å². The van der Waals surface area contributed by atoms with Crippen LogP contribution < -0.4 is 10.6 Å². The summed E-state index contributed by atoms with van der Waals surface area (Å²) in [6, 6.07) is 21.2. The minimum Gasteiger partial charge on any atom is -0.350 e. The van der Waals surface area contributed by atoms with Crippen molar-refractivity contribution in [1.29, 1.82) is 0 Å². The quantitative estimate of drug-likeness (QED) is 0.457. The molecular formula is C29H34N4O4S. The highest BCUT2D eigenvalue weighted by Gasteiger charge is 2.28. The molecule has 200 valence electrons. The van der Waals surface area contributed by atoms with Crippen LogP contribution in [0.25, 0.3) is 0 Å². The molecule has 0 atom stereocenters. The van der Waals surface area contributed by atoms with E-state index in [0.29, 0.717) is 54.4 Å². The molecule has 0 spiro atoms. The van der Waals surface area contributed by atoms with Crippen LogP contribution in [-0.2, 0) is 16.6 Å². The number of carbonyl (C=O) groups is 2. The molecule has 3 aromatic carbocycles. The number of nitrogens with one attached hydrogen (secondary N) is 2. The van der Waals surface area contributed by atoms with Crippen molar-refractivity contribution in [3.05, 3.63) is 95.1 Å². The summed E-state index contributed by atoms with van der Waals surface area (Å²) >= 11 is 0. The SMILES string of the molecule is Cc1ccc(S(=O)(=O)N2CCN(Cc3cccc(C(=O)Nc4ccccc4C(=O)NC(C)C)c3)CC2)cc1. The van der Waals surface area contributed by atoms with Gasteiger partial charge in [0.2, 0.25) is 10.0 Å². The molecule has 8 nitrogen and oxygen atoms in total. The van der Waals surface area contributed by atoms with E-state index >= 15 is 0 Å². The number of anilines is 1. The number of carbonyl (C=O) groups excluding carboxylic acids is 2. The summed E-state index contributed by atoms with van der Waals surface area (Å²) in [4.78, 5) is 28.1. The van der Waals surface area contributed by atoms with Crippen molar-refractivity contribution in [2.24, 2.45) is 0 Å². The zero-order valence-electron chi connectivity index (χ0n) is 22.0. The van der Waals surface area contributed by atoms with Gasteiger partial charge in [-0.25, -0.2) is 8.42 Å². The van der Waals surface area contributed by atoms with Crippen molar-refractivity contribution < 1.29 is 18.0 Å². The number of hydrogen-bond donors (Lipinski definition) is 2. The van der Waals surface area contributed by atoms with Gasteiger partial charge in [-0.05, 0) is 62.7 Å². The summed E-state index contributed by atoms with van der Waals surface area (Å²) in [5, 5.41) is 5.72. The maximum Gasteiger partial charge on any atom is 0.255 e. The monoisotopic (exact) mass is 534 g/mol. The van der Waals surface area contributed by atoms with E-state index in [0.717, 1.165) is 11.1 Å². The Morgan fingerprint density at radius 2 is 1.55 bits per heavy atom. The van der Waals surface area contributed by atoms with Crippen molar-refractivity contribution in [3.63, 3.8) is 0 Å². The van der Waals surface area contributed by atoms with Crippen molar-refractivity contribution in [3.8, 4) is 0 Å². The Balaban J connectivity index is 1.38. The molecule has 4 rings (SSSR count). The minimum atomic E-state index is -3.51. The van der Waals surface area contributed by atoms with Gasteiger partial charge >= 0.3 is 0 Å². The third-order valence-electron chi connectivity index (χ3n) is 6.43. The van der Waals surface area contributed by atoms with Crippen LogP contribution in [0.1, 0.15) is 45.7 Å². The Morgan fingerprint density at radius 3 is 2.24 bits per heavy atom. The number of benzene rings is 3. The van der Waals surface area contributed by atoms with Gasteiger partial charge in [-0.2, -0.15) is 4.31 Å². The molecule has 38 heavy (non-hydrogen) atoms. The molecule has 0 radical (unpaired) electrons. The van der Waals surface area contributed by atoms with E-state index in [1.54, 1.807) is 42.5 Å². The molecule has 0 unspecified atom stereocenters. The van der Waals surface area contributed by atoms with Gasteiger partial charge in [0.25, 0.3) is 11.8 Å². The summed E-state index contributed by atoms with van der Waals surface area (Å²) in [7, 11) is -3.51. The Labute approximate surface area is 224 Å². The molecule has 3 aromatic rings. The van der Waals surface area contributed by atoms with Crippen LogP contribution in [0.5, 0.6) is 0 Å². The Kier molecular flexibility index (Phi) is 8.61. The predicted octanol–water partition coefficient (Wildman–Crippen LogP) is 3.89. The van der Waals surface area contributed by atoms with E-state index < -0.39 is 10.0 Å². The van der Waals surface area contributed by atoms with E-state index in [-0.39, 0.29) is 17.9 Å². The fourth-order valence-electron chi connectivity index (χ4n) is 4.38. The Morgan fingerprint density at radius 1 is 0.868 bits per heavy atom. The third-order valence-corrected chi connectivity index (χ3v) is 8.34. The maximum absolute atomic E-state index is 13.0. The van der Waals surface area contributed by atoms with Crippen molar-refractivity contribution in [1.82, 2.24) is 14.5 Å². The van der Waals surface area contributed by atoms with Crippen LogP contribution in [0.2, 0.25) is 0 Å². The Bertz CT molecular complexity index is 1400. The second-order valence-electron chi connectivity index (χ2n) is 9.82. The van der Waals surface area contributed by atoms with Gasteiger partial charge in [0.15, 0.2) is 0 Å². The van der Waals surface area contributed by atoms with Crippen LogP contribution >= 0.6 is 0 Å². The standard InChI is InChI=1S/C29H34N4O4S/c1-21(2)30-29(35)26-9-4-5-10-27(26)31-28(34)24-8-6-7-23(19-24)20-32-15-17-33(18-16-32)38(36,37)25-13-11-22(3)12-14-25/h4-14,19,21H,15-18,20H2,1-3H3,(H,30,35)(H,31,34). The molecule has 0 aliphatic carbocycles. The smallest absolute Gasteiger partial charge is 0.255 e. The van der Waals surface area contributed by atoms with E-state index in [1.807, 2.05) is 51.1 Å². The number of sulfonamides is 1. The molecule has 1 fully saturated rings. The molecular weight excluding hydrogens is 500 g/mol. The lowest BCUT2D eigenvalue weighted by Crippen LogP contribution is -2.48. The maximum atomic E-state index is 13.0. The summed E-state index contributed by atoms with van der Waals surface area (Å²) < 4.78 is 27.5. The average Bonchev–Trinajstić information content (AvgIpc) is 2.89. The Hall–Kier alpha value is -3.53. The minimum absolute atomic E-state index is 0.0208. The zero-order valence-corrected chi connectivity index (χ0v) is 22.8. The number of aryl methyl sites for hydroxylation is 1. The normalized spacial score (nSPS) is 14.8. The van der Waals surface area contributed by atoms with Crippen molar-refractivity contribution >= 4 is 27.5 Å². The van der Waals surface area contributed by atoms with Crippen LogP contribution in [0.3, 0.4) is 0 Å². The molecule has 1 aliphatic rings. The number of piperazine rings is 1. The van der Waals surface area contributed by atoms with Gasteiger partial charge < -0.3 is 10.6 Å². The first kappa shape index (κ1) is 27.5. The fraction of sp³-hybridized carbons (Fsp3) is 0.310. The van der Waals surface area contributed by atoms with Gasteiger partial charge in [0.05, 0.1) is 16.1 Å². The topological polar surface area (TPSA) is 98.8 Å². The lowest BCUT2D eigenvalue weighted by molar-refractivity contribution is 0.0944. The molecule has 0 bridgehead atoms. The van der Waals surface area contributed by atoms with Crippen LogP contribution in [-0.4, -0.2) is 61.7 Å². The van der Waals surface area contributed by atoms with Gasteiger partial charge in [0, 0.05) is 44.3 Å². The zero-order chi connectivity index (χ0) is 27.3. The molecule has 1 saturated heterocycles. The molecule has 1 aliphatic heterocycles. The predicted molar refractivity (Wildman–Crippen MR) is 149 cm³/mol. The van der Waals surface area contributed by atoms with Gasteiger partial charge in [-0.1, -0.05) is 42.0 Å². The highest BCUT2D eigenvalue weighted by atomic mass is 32.2. The molecule has 9 heteroatoms. The van der Waals surface area contributed by atoms with Gasteiger partial charge in [-0.3, -0.25) is 14.5 Å². The van der Waals surface area contributed by atoms with Crippen molar-refractivity contribution in [2.45, 2.75) is 38.3 Å². The number of hydrogen-bond acceptors (Lipinski definition) is 5. The second kappa shape index (κ2) is 11.9. The molecule has 2 N–H and O–H groups in total. The first-order chi connectivity index (χ1) is 18.1. The molecule has 0 saturated carbocycles. The summed E-state index contributed by atoms with van der Waals surface area (Å²) in [5.74, 6) is -0.543. The third kappa shape index (κ3) is 6.66. The van der Waals surface area contributed by atoms with Crippen LogP contribution in [0.4, 0.5) is 5.69 Å². The summed E-state index contributed by atoms with van der Waals surface area (Å²) in [6.45, 7) is 8.31. The van der Waals surface area contributed by atoms with Crippen LogP contribution in [0, 0.1) is 6.92 Å². The largest absolute Gasteiger partial charge is 0.350 e. The first-order valence-electron chi connectivity index (χ1n) is 12.7. The van der Waals surface area contributed by atoms with E-state index in [1.165, 1.54) is 4.31 Å². The number of amides is 2. The molecule has 1 heterocycles. The van der Waals surface area contributed by atoms with E-state index in [2.05, 4.69) is 15.5 Å². The van der Waals surface area contributed by atoms with E-state index in [4.69, 9.17) is 0 Å². The van der Waals surface area contributed by atoms with E-state index in [9.17, 15) is 18.0 Å². The number of para-hydroxylation sites is 1. The summed E-state index contributed by atoms with van der Waals surface area (Å²) in [5.41, 5.74) is 3.32. The molecule has 0 aromatic heterocycles. The second-order valence-corrected chi connectivity index (χ2v) is 11.8. The first-order valence-corrected chi connectivity index (χ1v) is 14.2. The summed E-state index contributed by atoms with van der Waals surface area (Å²) in [6.07, 6.45) is 0. The highest BCUT2D eigenvalue weighted by Crippen LogP contribution is 2.20. The lowest BCUT2D eigenvalue weighted by atomic mass is 10.1. The highest BCUT2D eigenvalue weighted by molar-refractivity contribution is 7.89. The number of rotatable bonds is 8. The average molecular weight is 535 g/mol.